The Morgan fingerprint density at radius 3 is 2.75 bits per heavy atom. The number of nitrogens with zero attached hydrogens (tertiary/aromatic N) is 1. The molecule has 2 aromatic rings. The summed E-state index contributed by atoms with van der Waals surface area (Å²) in [6.07, 6.45) is 0.759. The van der Waals surface area contributed by atoms with Crippen molar-refractivity contribution in [2.45, 2.75) is 13.8 Å². The lowest BCUT2D eigenvalue weighted by molar-refractivity contribution is 0.112. The molecule has 4 nitrogen and oxygen atoms in total. The minimum Gasteiger partial charge on any atom is -0.399 e. The average molecular weight is 267 g/mol. The van der Waals surface area contributed by atoms with E-state index in [1.54, 1.807) is 18.2 Å². The van der Waals surface area contributed by atoms with Gasteiger partial charge in [-0.2, -0.15) is 0 Å². The van der Waals surface area contributed by atoms with E-state index in [1.807, 2.05) is 38.1 Å². The molecular formula is C16H17N3O. The number of nitrogens with one attached hydrogen (secondary N) is 1. The van der Waals surface area contributed by atoms with Gasteiger partial charge in [-0.1, -0.05) is 12.1 Å². The molecule has 0 atom stereocenters. The molecule has 20 heavy (non-hydrogen) atoms. The first-order valence-corrected chi connectivity index (χ1v) is 6.32. The van der Waals surface area contributed by atoms with Crippen molar-refractivity contribution in [3.05, 3.63) is 53.6 Å². The van der Waals surface area contributed by atoms with Gasteiger partial charge in [0.15, 0.2) is 6.29 Å². The van der Waals surface area contributed by atoms with Crippen LogP contribution >= 0.6 is 0 Å². The van der Waals surface area contributed by atoms with Crippen LogP contribution in [0.25, 0.3) is 0 Å². The summed E-state index contributed by atoms with van der Waals surface area (Å²) < 4.78 is 0. The van der Waals surface area contributed by atoms with E-state index >= 15 is 0 Å². The third-order valence-electron chi connectivity index (χ3n) is 2.81. The zero-order chi connectivity index (χ0) is 14.5. The Balaban J connectivity index is 2.24. The number of hydrogen-bond acceptors (Lipinski definition) is 3. The van der Waals surface area contributed by atoms with Crippen molar-refractivity contribution < 1.29 is 4.79 Å². The monoisotopic (exact) mass is 267 g/mol. The first-order chi connectivity index (χ1) is 9.58. The van der Waals surface area contributed by atoms with Crippen molar-refractivity contribution >= 4 is 29.2 Å². The van der Waals surface area contributed by atoms with Crippen LogP contribution in [0.2, 0.25) is 0 Å². The molecule has 0 fully saturated rings. The first kappa shape index (κ1) is 13.8. The van der Waals surface area contributed by atoms with Crippen molar-refractivity contribution in [2.75, 3.05) is 11.1 Å². The Morgan fingerprint density at radius 2 is 2.05 bits per heavy atom. The van der Waals surface area contributed by atoms with Crippen molar-refractivity contribution in [2.24, 2.45) is 4.99 Å². The zero-order valence-corrected chi connectivity index (χ0v) is 11.6. The summed E-state index contributed by atoms with van der Waals surface area (Å²) in [7, 11) is 0. The molecule has 0 saturated heterocycles. The van der Waals surface area contributed by atoms with Crippen molar-refractivity contribution in [3.8, 4) is 0 Å². The van der Waals surface area contributed by atoms with Gasteiger partial charge in [0.25, 0.3) is 0 Å². The molecular weight excluding hydrogens is 250 g/mol. The van der Waals surface area contributed by atoms with Crippen molar-refractivity contribution in [1.29, 1.82) is 0 Å². The minimum atomic E-state index is 0.482. The normalized spacial score (nSPS) is 11.2. The number of nitrogens with two attached hydrogens (primary N) is 1. The molecule has 0 aliphatic heterocycles. The molecule has 0 aromatic heterocycles. The number of amidine groups is 1. The summed E-state index contributed by atoms with van der Waals surface area (Å²) in [5, 5.41) is 3.20. The third kappa shape index (κ3) is 3.45. The Labute approximate surface area is 118 Å². The van der Waals surface area contributed by atoms with E-state index in [0.717, 1.165) is 12.0 Å². The lowest BCUT2D eigenvalue weighted by Crippen LogP contribution is -2.07. The quantitative estimate of drug-likeness (QED) is 0.387. The van der Waals surface area contributed by atoms with Crippen LogP contribution in [0.1, 0.15) is 22.8 Å². The summed E-state index contributed by atoms with van der Waals surface area (Å²) in [5.74, 6) is 0.712. The van der Waals surface area contributed by atoms with Crippen molar-refractivity contribution in [3.63, 3.8) is 0 Å². The van der Waals surface area contributed by atoms with Crippen LogP contribution < -0.4 is 11.1 Å². The number of aldehydes is 1. The van der Waals surface area contributed by atoms with Gasteiger partial charge in [0.1, 0.15) is 5.84 Å². The first-order valence-electron chi connectivity index (χ1n) is 6.32. The third-order valence-corrected chi connectivity index (χ3v) is 2.81. The predicted molar refractivity (Wildman–Crippen MR) is 83.8 cm³/mol. The van der Waals surface area contributed by atoms with Gasteiger partial charge in [0, 0.05) is 16.9 Å². The summed E-state index contributed by atoms with van der Waals surface area (Å²) >= 11 is 0. The molecule has 0 saturated carbocycles. The van der Waals surface area contributed by atoms with Crippen LogP contribution in [-0.2, 0) is 0 Å². The molecule has 0 radical (unpaired) electrons. The molecule has 2 aromatic carbocycles. The summed E-state index contributed by atoms with van der Waals surface area (Å²) in [5.41, 5.74) is 9.42. The zero-order valence-electron chi connectivity index (χ0n) is 11.6. The Hall–Kier alpha value is -2.62. The van der Waals surface area contributed by atoms with E-state index in [4.69, 9.17) is 5.73 Å². The summed E-state index contributed by atoms with van der Waals surface area (Å²) in [6, 6.07) is 13.1. The van der Waals surface area contributed by atoms with Crippen LogP contribution in [0.4, 0.5) is 17.1 Å². The fraction of sp³-hybridized carbons (Fsp3) is 0.125. The highest BCUT2D eigenvalue weighted by Crippen LogP contribution is 2.21. The maximum absolute atomic E-state index is 11.0. The molecule has 4 heteroatoms. The molecule has 3 N–H and O–H groups in total. The Bertz CT molecular complexity index is 663. The number of aryl methyl sites for hydroxylation is 1. The number of carbonyl (C=O) groups excluding carboxylic acids is 1. The number of rotatable bonds is 3. The highest BCUT2D eigenvalue weighted by atomic mass is 16.1. The number of benzene rings is 2. The molecule has 0 heterocycles. The summed E-state index contributed by atoms with van der Waals surface area (Å²) in [4.78, 5) is 15.4. The number of nitrogen functional groups attached to an aromatic ring is 1. The van der Waals surface area contributed by atoms with Crippen LogP contribution in [-0.4, -0.2) is 12.1 Å². The van der Waals surface area contributed by atoms with E-state index in [2.05, 4.69) is 10.3 Å². The van der Waals surface area contributed by atoms with Crippen LogP contribution in [0.5, 0.6) is 0 Å². The molecule has 0 bridgehead atoms. The molecule has 0 aliphatic carbocycles. The van der Waals surface area contributed by atoms with E-state index in [0.29, 0.717) is 22.8 Å². The highest BCUT2D eigenvalue weighted by molar-refractivity contribution is 5.97. The van der Waals surface area contributed by atoms with Gasteiger partial charge < -0.3 is 11.1 Å². The molecule has 2 rings (SSSR count). The maximum Gasteiger partial charge on any atom is 0.152 e. The lowest BCUT2D eigenvalue weighted by Gasteiger charge is -2.07. The topological polar surface area (TPSA) is 67.5 Å². The number of hydrogen-bond donors (Lipinski definition) is 2. The number of aliphatic imine (C=N–C) groups is 1. The van der Waals surface area contributed by atoms with Gasteiger partial charge >= 0.3 is 0 Å². The number of carbonyl (C=O) groups is 1. The van der Waals surface area contributed by atoms with Crippen LogP contribution in [0.15, 0.2) is 47.5 Å². The Kier molecular flexibility index (Phi) is 4.15. The van der Waals surface area contributed by atoms with E-state index in [1.165, 1.54) is 5.56 Å². The van der Waals surface area contributed by atoms with Gasteiger partial charge in [-0.15, -0.1) is 0 Å². The predicted octanol–water partition coefficient (Wildman–Crippen LogP) is 3.55. The van der Waals surface area contributed by atoms with Gasteiger partial charge in [0.05, 0.1) is 5.69 Å². The second-order valence-corrected chi connectivity index (χ2v) is 4.63. The van der Waals surface area contributed by atoms with Gasteiger partial charge in [-0.3, -0.25) is 4.79 Å². The van der Waals surface area contributed by atoms with Gasteiger partial charge in [-0.05, 0) is 49.7 Å². The summed E-state index contributed by atoms with van der Waals surface area (Å²) in [6.45, 7) is 3.88. The van der Waals surface area contributed by atoms with E-state index in [-0.39, 0.29) is 0 Å². The Morgan fingerprint density at radius 1 is 1.25 bits per heavy atom. The number of anilines is 2. The molecule has 0 spiro atoms. The minimum absolute atomic E-state index is 0.482. The molecule has 102 valence electrons. The van der Waals surface area contributed by atoms with Crippen LogP contribution in [0.3, 0.4) is 0 Å². The van der Waals surface area contributed by atoms with Gasteiger partial charge in [0.2, 0.25) is 0 Å². The highest BCUT2D eigenvalue weighted by Gasteiger charge is 2.02. The smallest absolute Gasteiger partial charge is 0.152 e. The van der Waals surface area contributed by atoms with E-state index < -0.39 is 0 Å². The fourth-order valence-corrected chi connectivity index (χ4v) is 1.91. The van der Waals surface area contributed by atoms with Crippen LogP contribution in [0, 0.1) is 6.92 Å². The average Bonchev–Trinajstić information content (AvgIpc) is 2.40. The fourth-order valence-electron chi connectivity index (χ4n) is 1.91. The lowest BCUT2D eigenvalue weighted by atomic mass is 10.2. The maximum atomic E-state index is 11.0. The molecule has 0 amide bonds. The van der Waals surface area contributed by atoms with Crippen molar-refractivity contribution in [1.82, 2.24) is 0 Å². The SMILES string of the molecule is CC(=Nc1ccc(N)cc1C=O)Nc1cccc(C)c1. The van der Waals surface area contributed by atoms with Gasteiger partial charge in [-0.25, -0.2) is 4.99 Å². The van der Waals surface area contributed by atoms with E-state index in [9.17, 15) is 4.79 Å². The largest absolute Gasteiger partial charge is 0.399 e. The second kappa shape index (κ2) is 6.02. The standard InChI is InChI=1S/C16H17N3O/c1-11-4-3-5-15(8-11)18-12(2)19-16-7-6-14(17)9-13(16)10-20/h3-10H,17H2,1-2H3,(H,18,19). The molecule has 0 unspecified atom stereocenters. The molecule has 0 aliphatic rings. The second-order valence-electron chi connectivity index (χ2n) is 4.63.